The van der Waals surface area contributed by atoms with E-state index in [2.05, 4.69) is 39.6 Å². The molecule has 3 heteroatoms. The number of rotatable bonds is 2. The maximum Gasteiger partial charge on any atom is 0.309 e. The molecule has 0 aromatic rings. The summed E-state index contributed by atoms with van der Waals surface area (Å²) in [6, 6.07) is 0. The highest BCUT2D eigenvalue weighted by atomic mass is 16.5. The molecule has 2 rings (SSSR count). The Morgan fingerprint density at radius 2 is 1.78 bits per heavy atom. The summed E-state index contributed by atoms with van der Waals surface area (Å²) in [5.74, 6) is 0.830. The molecule has 2 aliphatic heterocycles. The Kier molecular flexibility index (Phi) is 3.48. The van der Waals surface area contributed by atoms with Gasteiger partial charge in [-0.2, -0.15) is 0 Å². The Hall–Kier alpha value is -0.570. The first kappa shape index (κ1) is 13.9. The second-order valence-electron chi connectivity index (χ2n) is 7.35. The summed E-state index contributed by atoms with van der Waals surface area (Å²) in [5, 5.41) is 0. The molecule has 0 radical (unpaired) electrons. The van der Waals surface area contributed by atoms with Crippen molar-refractivity contribution in [1.82, 2.24) is 4.90 Å². The fourth-order valence-corrected chi connectivity index (χ4v) is 3.90. The normalized spacial score (nSPS) is 32.5. The third-order valence-corrected chi connectivity index (χ3v) is 5.05. The van der Waals surface area contributed by atoms with Crippen molar-refractivity contribution in [3.05, 3.63) is 0 Å². The Bertz CT molecular complexity index is 317. The fraction of sp³-hybridized carbons (Fsp3) is 0.933. The number of carbonyl (C=O) groups excluding carboxylic acids is 1. The largest absolute Gasteiger partial charge is 0.465 e. The number of nitrogens with zero attached hydrogens (tertiary/aromatic N) is 1. The van der Waals surface area contributed by atoms with Crippen molar-refractivity contribution in [1.29, 1.82) is 0 Å². The highest BCUT2D eigenvalue weighted by Crippen LogP contribution is 2.43. The second-order valence-corrected chi connectivity index (χ2v) is 7.35. The molecule has 3 nitrogen and oxygen atoms in total. The summed E-state index contributed by atoms with van der Waals surface area (Å²) in [4.78, 5) is 14.1. The number of piperidine rings is 1. The average Bonchev–Trinajstić information content (AvgIpc) is 2.60. The number of carbonyl (C=O) groups is 1. The van der Waals surface area contributed by atoms with Crippen LogP contribution in [0.2, 0.25) is 0 Å². The first-order chi connectivity index (χ1) is 8.22. The molecule has 1 atom stereocenters. The van der Waals surface area contributed by atoms with E-state index < -0.39 is 0 Å². The van der Waals surface area contributed by atoms with Crippen molar-refractivity contribution in [2.24, 2.45) is 11.8 Å². The molecule has 0 aliphatic carbocycles. The van der Waals surface area contributed by atoms with Crippen LogP contribution in [0.4, 0.5) is 0 Å². The van der Waals surface area contributed by atoms with Gasteiger partial charge in [-0.25, -0.2) is 0 Å². The van der Waals surface area contributed by atoms with Gasteiger partial charge in [0.2, 0.25) is 0 Å². The van der Waals surface area contributed by atoms with Crippen LogP contribution in [-0.2, 0) is 9.53 Å². The van der Waals surface area contributed by atoms with Crippen LogP contribution in [0.5, 0.6) is 0 Å². The van der Waals surface area contributed by atoms with Crippen molar-refractivity contribution in [3.8, 4) is 0 Å². The maximum atomic E-state index is 11.6. The minimum absolute atomic E-state index is 0.0320. The number of hydrogen-bond acceptors (Lipinski definition) is 3. The number of cyclic esters (lactones) is 1. The van der Waals surface area contributed by atoms with Crippen LogP contribution in [0.15, 0.2) is 0 Å². The van der Waals surface area contributed by atoms with Crippen molar-refractivity contribution in [2.45, 2.75) is 64.5 Å². The van der Waals surface area contributed by atoms with Crippen molar-refractivity contribution < 1.29 is 9.53 Å². The van der Waals surface area contributed by atoms with Crippen molar-refractivity contribution >= 4 is 5.97 Å². The van der Waals surface area contributed by atoms with Gasteiger partial charge in [0.15, 0.2) is 0 Å². The van der Waals surface area contributed by atoms with Gasteiger partial charge in [0.1, 0.15) is 0 Å². The first-order valence-electron chi connectivity index (χ1n) is 7.13. The molecule has 18 heavy (non-hydrogen) atoms. The summed E-state index contributed by atoms with van der Waals surface area (Å²) in [6.45, 7) is 9.88. The van der Waals surface area contributed by atoms with E-state index in [0.29, 0.717) is 12.5 Å². The van der Waals surface area contributed by atoms with Gasteiger partial charge in [0, 0.05) is 11.1 Å². The standard InChI is InChI=1S/C15H27NO2/c1-14(2)9-11(10-15(3,4)16(14)5)8-12-6-7-18-13(12)17/h11-12H,6-10H2,1-5H3. The summed E-state index contributed by atoms with van der Waals surface area (Å²) >= 11 is 0. The molecule has 0 aromatic carbocycles. The predicted octanol–water partition coefficient (Wildman–Crippen LogP) is 2.84. The van der Waals surface area contributed by atoms with Crippen LogP contribution in [-0.4, -0.2) is 35.6 Å². The van der Waals surface area contributed by atoms with Gasteiger partial charge in [-0.15, -0.1) is 0 Å². The van der Waals surface area contributed by atoms with Crippen LogP contribution < -0.4 is 0 Å². The zero-order valence-corrected chi connectivity index (χ0v) is 12.5. The first-order valence-corrected chi connectivity index (χ1v) is 7.13. The molecule has 2 aliphatic rings. The Morgan fingerprint density at radius 1 is 1.22 bits per heavy atom. The van der Waals surface area contributed by atoms with E-state index >= 15 is 0 Å². The molecule has 104 valence electrons. The van der Waals surface area contributed by atoms with Crippen LogP contribution >= 0.6 is 0 Å². The predicted molar refractivity (Wildman–Crippen MR) is 72.3 cm³/mol. The molecule has 0 bridgehead atoms. The van der Waals surface area contributed by atoms with E-state index in [0.717, 1.165) is 12.8 Å². The van der Waals surface area contributed by atoms with Gasteiger partial charge in [0.25, 0.3) is 0 Å². The van der Waals surface area contributed by atoms with Gasteiger partial charge in [-0.1, -0.05) is 0 Å². The van der Waals surface area contributed by atoms with E-state index in [9.17, 15) is 4.79 Å². The van der Waals surface area contributed by atoms with Gasteiger partial charge < -0.3 is 4.74 Å². The average molecular weight is 253 g/mol. The lowest BCUT2D eigenvalue weighted by Crippen LogP contribution is -2.58. The Labute approximate surface area is 111 Å². The topological polar surface area (TPSA) is 29.5 Å². The molecular weight excluding hydrogens is 226 g/mol. The smallest absolute Gasteiger partial charge is 0.309 e. The highest BCUT2D eigenvalue weighted by molar-refractivity contribution is 5.74. The number of esters is 1. The lowest BCUT2D eigenvalue weighted by atomic mass is 9.71. The zero-order valence-electron chi connectivity index (χ0n) is 12.5. The van der Waals surface area contributed by atoms with E-state index in [1.807, 2.05) is 0 Å². The number of ether oxygens (including phenoxy) is 1. The molecule has 2 saturated heterocycles. The highest BCUT2D eigenvalue weighted by Gasteiger charge is 2.44. The molecule has 0 N–H and O–H groups in total. The van der Waals surface area contributed by atoms with E-state index in [1.165, 1.54) is 12.8 Å². The summed E-state index contributed by atoms with van der Waals surface area (Å²) in [6.07, 6.45) is 4.29. The van der Waals surface area contributed by atoms with E-state index in [1.54, 1.807) is 0 Å². The quantitative estimate of drug-likeness (QED) is 0.709. The van der Waals surface area contributed by atoms with E-state index in [4.69, 9.17) is 4.74 Å². The monoisotopic (exact) mass is 253 g/mol. The molecule has 0 amide bonds. The van der Waals surface area contributed by atoms with Crippen LogP contribution in [0.25, 0.3) is 0 Å². The number of hydrogen-bond donors (Lipinski definition) is 0. The maximum absolute atomic E-state index is 11.6. The van der Waals surface area contributed by atoms with Gasteiger partial charge in [0.05, 0.1) is 12.5 Å². The van der Waals surface area contributed by atoms with Gasteiger partial charge in [-0.05, 0) is 66.3 Å². The van der Waals surface area contributed by atoms with Gasteiger partial charge in [-0.3, -0.25) is 9.69 Å². The molecule has 2 heterocycles. The molecule has 2 fully saturated rings. The third kappa shape index (κ3) is 2.56. The summed E-state index contributed by atoms with van der Waals surface area (Å²) in [7, 11) is 2.22. The zero-order chi connectivity index (χ0) is 13.6. The van der Waals surface area contributed by atoms with Gasteiger partial charge >= 0.3 is 5.97 Å². The molecule has 0 aromatic heterocycles. The van der Waals surface area contributed by atoms with Crippen LogP contribution in [0.1, 0.15) is 53.4 Å². The lowest BCUT2D eigenvalue weighted by molar-refractivity contribution is -0.142. The minimum Gasteiger partial charge on any atom is -0.465 e. The lowest BCUT2D eigenvalue weighted by Gasteiger charge is -2.54. The molecular formula is C15H27NO2. The fourth-order valence-electron chi connectivity index (χ4n) is 3.90. The van der Waals surface area contributed by atoms with Crippen LogP contribution in [0.3, 0.4) is 0 Å². The summed E-state index contributed by atoms with van der Waals surface area (Å²) in [5.41, 5.74) is 0.434. The minimum atomic E-state index is 0.0320. The summed E-state index contributed by atoms with van der Waals surface area (Å²) < 4.78 is 5.08. The van der Waals surface area contributed by atoms with Crippen LogP contribution in [0, 0.1) is 11.8 Å². The third-order valence-electron chi connectivity index (χ3n) is 5.05. The molecule has 1 unspecified atom stereocenters. The van der Waals surface area contributed by atoms with Crippen molar-refractivity contribution in [3.63, 3.8) is 0 Å². The van der Waals surface area contributed by atoms with Crippen molar-refractivity contribution in [2.75, 3.05) is 13.7 Å². The SMILES string of the molecule is CN1C(C)(C)CC(CC2CCOC2=O)CC1(C)C. The Morgan fingerprint density at radius 3 is 2.22 bits per heavy atom. The van der Waals surface area contributed by atoms with E-state index in [-0.39, 0.29) is 23.0 Å². The second kappa shape index (κ2) is 4.52. The molecule has 0 spiro atoms. The number of likely N-dealkylation sites (tertiary alicyclic amines) is 1. The Balaban J connectivity index is 2.04. The molecule has 0 saturated carbocycles.